The second kappa shape index (κ2) is 5.05. The topological polar surface area (TPSA) is 135 Å². The number of hydrogen-bond acceptors (Lipinski definition) is 7. The van der Waals surface area contributed by atoms with Crippen molar-refractivity contribution in [2.24, 2.45) is 10.9 Å². The van der Waals surface area contributed by atoms with Gasteiger partial charge in [-0.25, -0.2) is 4.79 Å². The SMILES string of the molecule is C[C@]1(CN)CC([C@@H]2CCC3CN2C(=O)N3OS(=O)(=O)O)=NO1. The minimum absolute atomic E-state index is 0.271. The third-order valence-corrected chi connectivity index (χ3v) is 4.60. The maximum Gasteiger partial charge on any atom is 0.418 e. The summed E-state index contributed by atoms with van der Waals surface area (Å²) in [5, 5.41) is 4.77. The van der Waals surface area contributed by atoms with E-state index in [9.17, 15) is 13.2 Å². The van der Waals surface area contributed by atoms with Crippen LogP contribution >= 0.6 is 0 Å². The molecule has 11 heteroatoms. The maximum atomic E-state index is 12.3. The molecule has 2 fully saturated rings. The van der Waals surface area contributed by atoms with Crippen LogP contribution in [0, 0.1) is 0 Å². The molecule has 0 saturated carbocycles. The van der Waals surface area contributed by atoms with E-state index in [0.717, 1.165) is 0 Å². The van der Waals surface area contributed by atoms with E-state index in [-0.39, 0.29) is 6.04 Å². The normalized spacial score (nSPS) is 34.9. The molecule has 10 nitrogen and oxygen atoms in total. The average Bonchev–Trinajstić information content (AvgIpc) is 2.94. The molecule has 0 radical (unpaired) electrons. The smallest absolute Gasteiger partial charge is 0.388 e. The Bertz CT molecular complexity index is 622. The molecule has 2 amide bonds. The second-order valence-electron chi connectivity index (χ2n) is 6.01. The van der Waals surface area contributed by atoms with Gasteiger partial charge in [-0.05, 0) is 19.8 Å². The van der Waals surface area contributed by atoms with E-state index in [0.29, 0.717) is 43.1 Å². The summed E-state index contributed by atoms with van der Waals surface area (Å²) in [4.78, 5) is 19.1. The van der Waals surface area contributed by atoms with Crippen molar-refractivity contribution in [3.05, 3.63) is 0 Å². The van der Waals surface area contributed by atoms with Crippen LogP contribution < -0.4 is 5.73 Å². The first kappa shape index (κ1) is 15.5. The Morgan fingerprint density at radius 1 is 1.55 bits per heavy atom. The Morgan fingerprint density at radius 3 is 2.86 bits per heavy atom. The molecule has 0 spiro atoms. The first-order valence-corrected chi connectivity index (χ1v) is 8.31. The van der Waals surface area contributed by atoms with E-state index in [4.69, 9.17) is 15.1 Å². The first-order valence-electron chi connectivity index (χ1n) is 6.94. The quantitative estimate of drug-likeness (QED) is 0.661. The molecule has 0 aromatic carbocycles. The zero-order valence-electron chi connectivity index (χ0n) is 12.0. The van der Waals surface area contributed by atoms with Crippen molar-refractivity contribution < 1.29 is 26.9 Å². The predicted octanol–water partition coefficient (Wildman–Crippen LogP) is -0.517. The standard InChI is InChI=1S/C11H18N4O6S/c1-11(6-12)4-8(13-20-11)9-3-2-7-5-14(9)10(16)15(7)21-22(17,18)19/h7,9H,2-6,12H2,1H3,(H,17,18,19)/t7?,9-,11+/m0/s1. The number of rotatable bonds is 4. The summed E-state index contributed by atoms with van der Waals surface area (Å²) in [6, 6.07) is -1.28. The van der Waals surface area contributed by atoms with Gasteiger partial charge in [0, 0.05) is 19.5 Å². The lowest BCUT2D eigenvalue weighted by Crippen LogP contribution is -2.46. The van der Waals surface area contributed by atoms with Gasteiger partial charge >= 0.3 is 16.4 Å². The van der Waals surface area contributed by atoms with E-state index >= 15 is 0 Å². The molecule has 0 aromatic heterocycles. The summed E-state index contributed by atoms with van der Waals surface area (Å²) in [7, 11) is -4.73. The van der Waals surface area contributed by atoms with Crippen LogP contribution in [0.1, 0.15) is 26.2 Å². The molecule has 0 aliphatic carbocycles. The van der Waals surface area contributed by atoms with E-state index in [1.807, 2.05) is 6.92 Å². The van der Waals surface area contributed by atoms with Crippen molar-refractivity contribution in [1.82, 2.24) is 9.96 Å². The van der Waals surface area contributed by atoms with Gasteiger partial charge in [-0.15, -0.1) is 4.28 Å². The number of hydrogen-bond donors (Lipinski definition) is 2. The predicted molar refractivity (Wildman–Crippen MR) is 74.0 cm³/mol. The van der Waals surface area contributed by atoms with Crippen LogP contribution in [-0.4, -0.2) is 65.5 Å². The Hall–Kier alpha value is -1.43. The molecule has 124 valence electrons. The summed E-state index contributed by atoms with van der Waals surface area (Å²) >= 11 is 0. The molecule has 22 heavy (non-hydrogen) atoms. The molecule has 2 bridgehead atoms. The van der Waals surface area contributed by atoms with Gasteiger partial charge in [0.1, 0.15) is 0 Å². The fourth-order valence-electron chi connectivity index (χ4n) is 3.08. The van der Waals surface area contributed by atoms with E-state index in [1.54, 1.807) is 0 Å². The number of urea groups is 1. The third kappa shape index (κ3) is 2.64. The summed E-state index contributed by atoms with van der Waals surface area (Å²) in [6.07, 6.45) is 1.67. The van der Waals surface area contributed by atoms with Gasteiger partial charge in [-0.1, -0.05) is 5.16 Å². The third-order valence-electron chi connectivity index (χ3n) is 4.25. The largest absolute Gasteiger partial charge is 0.418 e. The van der Waals surface area contributed by atoms with Crippen LogP contribution in [0.2, 0.25) is 0 Å². The van der Waals surface area contributed by atoms with Crippen LogP contribution in [0.25, 0.3) is 0 Å². The van der Waals surface area contributed by atoms with Crippen LogP contribution in [0.15, 0.2) is 5.16 Å². The minimum Gasteiger partial charge on any atom is -0.388 e. The van der Waals surface area contributed by atoms with E-state index in [1.165, 1.54) is 4.90 Å². The zero-order valence-corrected chi connectivity index (χ0v) is 12.8. The van der Waals surface area contributed by atoms with Crippen molar-refractivity contribution in [3.63, 3.8) is 0 Å². The fraction of sp³-hybridized carbons (Fsp3) is 0.818. The average molecular weight is 334 g/mol. The van der Waals surface area contributed by atoms with Crippen molar-refractivity contribution >= 4 is 22.1 Å². The number of nitrogens with zero attached hydrogens (tertiary/aromatic N) is 3. The van der Waals surface area contributed by atoms with E-state index < -0.39 is 28.1 Å². The fourth-order valence-corrected chi connectivity index (χ4v) is 3.47. The molecule has 3 N–H and O–H groups in total. The lowest BCUT2D eigenvalue weighted by Gasteiger charge is -2.30. The number of carbonyl (C=O) groups is 1. The monoisotopic (exact) mass is 334 g/mol. The van der Waals surface area contributed by atoms with Gasteiger partial charge in [-0.3, -0.25) is 4.55 Å². The highest BCUT2D eigenvalue weighted by atomic mass is 32.3. The van der Waals surface area contributed by atoms with Crippen LogP contribution in [0.3, 0.4) is 0 Å². The van der Waals surface area contributed by atoms with Crippen LogP contribution in [0.4, 0.5) is 4.79 Å². The molecule has 1 unspecified atom stereocenters. The summed E-state index contributed by atoms with van der Waals surface area (Å²) in [6.45, 7) is 2.47. The first-order chi connectivity index (χ1) is 10.2. The second-order valence-corrected chi connectivity index (χ2v) is 7.02. The number of nitrogens with two attached hydrogens (primary N) is 1. The number of oxime groups is 1. The van der Waals surface area contributed by atoms with Gasteiger partial charge in [0.2, 0.25) is 0 Å². The molecule has 2 saturated heterocycles. The zero-order chi connectivity index (χ0) is 16.1. The molecule has 3 rings (SSSR count). The number of fused-ring (bicyclic) bond motifs is 2. The summed E-state index contributed by atoms with van der Waals surface area (Å²) in [5.41, 5.74) is 5.80. The number of carbonyl (C=O) groups excluding carboxylic acids is 1. The van der Waals surface area contributed by atoms with Crippen LogP contribution in [-0.2, 0) is 19.5 Å². The molecule has 0 aromatic rings. The van der Waals surface area contributed by atoms with Crippen LogP contribution in [0.5, 0.6) is 0 Å². The van der Waals surface area contributed by atoms with Crippen molar-refractivity contribution in [2.45, 2.75) is 43.9 Å². The summed E-state index contributed by atoms with van der Waals surface area (Å²) in [5.74, 6) is 0. The van der Waals surface area contributed by atoms with Crippen molar-refractivity contribution in [2.75, 3.05) is 13.1 Å². The van der Waals surface area contributed by atoms with Gasteiger partial charge in [0.15, 0.2) is 5.60 Å². The lowest BCUT2D eigenvalue weighted by molar-refractivity contribution is -0.0316. The van der Waals surface area contributed by atoms with Gasteiger partial charge in [-0.2, -0.15) is 13.5 Å². The Kier molecular flexibility index (Phi) is 3.55. The Labute approximate surface area is 127 Å². The molecule has 3 heterocycles. The highest BCUT2D eigenvalue weighted by molar-refractivity contribution is 7.80. The van der Waals surface area contributed by atoms with Crippen molar-refractivity contribution in [3.8, 4) is 0 Å². The van der Waals surface area contributed by atoms with Gasteiger partial charge in [0.25, 0.3) is 0 Å². The highest BCUT2D eigenvalue weighted by Crippen LogP contribution is 2.34. The van der Waals surface area contributed by atoms with Gasteiger partial charge < -0.3 is 15.5 Å². The highest BCUT2D eigenvalue weighted by Gasteiger charge is 2.50. The Balaban J connectivity index is 1.76. The van der Waals surface area contributed by atoms with Gasteiger partial charge in [0.05, 0.1) is 17.8 Å². The van der Waals surface area contributed by atoms with Crippen molar-refractivity contribution in [1.29, 1.82) is 0 Å². The number of hydroxylamine groups is 2. The molecule has 3 atom stereocenters. The number of amides is 2. The summed E-state index contributed by atoms with van der Waals surface area (Å²) < 4.78 is 34.8. The molecule has 3 aliphatic rings. The lowest BCUT2D eigenvalue weighted by atomic mass is 9.91. The molecule has 3 aliphatic heterocycles. The molecular weight excluding hydrogens is 316 g/mol. The number of piperidine rings is 1. The minimum atomic E-state index is -4.73. The van der Waals surface area contributed by atoms with E-state index in [2.05, 4.69) is 9.44 Å². The maximum absolute atomic E-state index is 12.3. The Morgan fingerprint density at radius 2 is 2.27 bits per heavy atom. The molecular formula is C11H18N4O6S.